The first-order valence-electron chi connectivity index (χ1n) is 5.53. The molecule has 20 heavy (non-hydrogen) atoms. The van der Waals surface area contributed by atoms with Crippen LogP contribution in [0.5, 0.6) is 0 Å². The van der Waals surface area contributed by atoms with E-state index >= 15 is 0 Å². The Morgan fingerprint density at radius 1 is 1.30 bits per heavy atom. The molecule has 0 aliphatic heterocycles. The maximum absolute atomic E-state index is 13.0. The summed E-state index contributed by atoms with van der Waals surface area (Å²) in [5.41, 5.74) is 3.46. The Hall–Kier alpha value is -2.58. The minimum Gasteiger partial charge on any atom is -0.370 e. The minimum absolute atomic E-state index is 0.0257. The minimum atomic E-state index is -1.41. The Morgan fingerprint density at radius 2 is 1.90 bits per heavy atom. The number of hydrogen-bond acceptors (Lipinski definition) is 4. The third-order valence-electron chi connectivity index (χ3n) is 2.37. The first kappa shape index (κ1) is 15.5. The van der Waals surface area contributed by atoms with E-state index < -0.39 is 39.6 Å². The smallest absolute Gasteiger partial charge is 0.285 e. The van der Waals surface area contributed by atoms with Gasteiger partial charge in [0.1, 0.15) is 5.56 Å². The van der Waals surface area contributed by atoms with Gasteiger partial charge in [0.05, 0.1) is 11.0 Å². The molecule has 108 valence electrons. The second kappa shape index (κ2) is 6.55. The van der Waals surface area contributed by atoms with Crippen molar-refractivity contribution in [2.75, 3.05) is 6.54 Å². The number of carbonyl (C=O) groups is 2. The van der Waals surface area contributed by atoms with Gasteiger partial charge < -0.3 is 11.1 Å². The highest BCUT2D eigenvalue weighted by Gasteiger charge is 2.23. The van der Waals surface area contributed by atoms with Gasteiger partial charge >= 0.3 is 0 Å². The van der Waals surface area contributed by atoms with Crippen molar-refractivity contribution in [3.8, 4) is 0 Å². The van der Waals surface area contributed by atoms with Crippen LogP contribution in [-0.2, 0) is 4.79 Å². The molecule has 0 bridgehead atoms. The molecule has 0 atom stereocenters. The molecule has 3 N–H and O–H groups in total. The number of nitrogens with zero attached hydrogens (tertiary/aromatic N) is 1. The summed E-state index contributed by atoms with van der Waals surface area (Å²) in [5, 5.41) is 12.9. The van der Waals surface area contributed by atoms with Crippen LogP contribution in [0.15, 0.2) is 12.1 Å². The second-order valence-electron chi connectivity index (χ2n) is 3.87. The van der Waals surface area contributed by atoms with Crippen molar-refractivity contribution in [1.82, 2.24) is 5.32 Å². The van der Waals surface area contributed by atoms with E-state index in [0.717, 1.165) is 0 Å². The number of carbonyl (C=O) groups excluding carboxylic acids is 2. The lowest BCUT2D eigenvalue weighted by Gasteiger charge is -2.05. The van der Waals surface area contributed by atoms with E-state index in [1.54, 1.807) is 0 Å². The largest absolute Gasteiger partial charge is 0.370 e. The number of primary amides is 1. The van der Waals surface area contributed by atoms with Crippen molar-refractivity contribution in [3.63, 3.8) is 0 Å². The maximum Gasteiger partial charge on any atom is 0.285 e. The number of amides is 2. The number of benzene rings is 1. The molecule has 0 unspecified atom stereocenters. The Morgan fingerprint density at radius 3 is 2.45 bits per heavy atom. The molecule has 0 saturated carbocycles. The Labute approximate surface area is 111 Å². The fourth-order valence-corrected chi connectivity index (χ4v) is 1.43. The molecular weight excluding hydrogens is 276 g/mol. The number of halogens is 2. The molecule has 0 radical (unpaired) electrons. The fraction of sp³-hybridized carbons (Fsp3) is 0.273. The highest BCUT2D eigenvalue weighted by atomic mass is 19.2. The van der Waals surface area contributed by atoms with Crippen LogP contribution in [0.4, 0.5) is 14.5 Å². The van der Waals surface area contributed by atoms with E-state index in [1.807, 2.05) is 0 Å². The predicted molar refractivity (Wildman–Crippen MR) is 63.8 cm³/mol. The molecule has 1 aromatic carbocycles. The number of nitrogens with one attached hydrogen (secondary N) is 1. The molecule has 9 heteroatoms. The number of hydrogen-bond donors (Lipinski definition) is 2. The van der Waals surface area contributed by atoms with Crippen LogP contribution in [0.1, 0.15) is 23.2 Å². The molecule has 0 aliphatic carbocycles. The van der Waals surface area contributed by atoms with E-state index in [9.17, 15) is 28.5 Å². The van der Waals surface area contributed by atoms with Gasteiger partial charge in [0.2, 0.25) is 5.91 Å². The fourth-order valence-electron chi connectivity index (χ4n) is 1.43. The van der Waals surface area contributed by atoms with Gasteiger partial charge in [0.25, 0.3) is 11.6 Å². The number of nitrogens with two attached hydrogens (primary N) is 1. The highest BCUT2D eigenvalue weighted by molar-refractivity contribution is 5.98. The maximum atomic E-state index is 13.0. The van der Waals surface area contributed by atoms with Gasteiger partial charge in [-0.15, -0.1) is 0 Å². The summed E-state index contributed by atoms with van der Waals surface area (Å²) in [6.45, 7) is 0.0257. The van der Waals surface area contributed by atoms with Gasteiger partial charge in [-0.25, -0.2) is 8.78 Å². The Bertz CT molecular complexity index is 563. The molecule has 1 aromatic rings. The van der Waals surface area contributed by atoms with Crippen molar-refractivity contribution in [3.05, 3.63) is 39.4 Å². The quantitative estimate of drug-likeness (QED) is 0.458. The molecule has 0 saturated heterocycles. The third-order valence-corrected chi connectivity index (χ3v) is 2.37. The van der Waals surface area contributed by atoms with Crippen molar-refractivity contribution < 1.29 is 23.3 Å². The number of nitro benzene ring substituents is 1. The number of rotatable bonds is 6. The van der Waals surface area contributed by atoms with E-state index in [0.29, 0.717) is 12.1 Å². The van der Waals surface area contributed by atoms with E-state index in [1.165, 1.54) is 0 Å². The normalized spacial score (nSPS) is 10.1. The molecule has 0 aromatic heterocycles. The zero-order valence-electron chi connectivity index (χ0n) is 10.2. The van der Waals surface area contributed by atoms with Crippen LogP contribution < -0.4 is 11.1 Å². The van der Waals surface area contributed by atoms with Crippen molar-refractivity contribution in [2.24, 2.45) is 5.73 Å². The lowest BCUT2D eigenvalue weighted by Crippen LogP contribution is -2.26. The van der Waals surface area contributed by atoms with Gasteiger partial charge in [-0.1, -0.05) is 0 Å². The summed E-state index contributed by atoms with van der Waals surface area (Å²) < 4.78 is 26.0. The van der Waals surface area contributed by atoms with Gasteiger partial charge in [0, 0.05) is 13.0 Å². The topological polar surface area (TPSA) is 115 Å². The summed E-state index contributed by atoms with van der Waals surface area (Å²) in [6.07, 6.45) is 0.263. The zero-order valence-corrected chi connectivity index (χ0v) is 10.2. The molecule has 7 nitrogen and oxygen atoms in total. The number of nitro groups is 1. The third kappa shape index (κ3) is 3.97. The molecular formula is C11H11F2N3O4. The van der Waals surface area contributed by atoms with Crippen molar-refractivity contribution >= 4 is 17.5 Å². The van der Waals surface area contributed by atoms with Crippen LogP contribution in [0.3, 0.4) is 0 Å². The summed E-state index contributed by atoms with van der Waals surface area (Å²) in [7, 11) is 0. The first-order valence-corrected chi connectivity index (χ1v) is 5.53. The molecule has 0 fully saturated rings. The summed E-state index contributed by atoms with van der Waals surface area (Å²) in [6, 6.07) is 0.796. The average Bonchev–Trinajstić information content (AvgIpc) is 2.36. The van der Waals surface area contributed by atoms with Crippen LogP contribution in [0.25, 0.3) is 0 Å². The molecule has 1 rings (SSSR count). The second-order valence-corrected chi connectivity index (χ2v) is 3.87. The Kier molecular flexibility index (Phi) is 5.07. The van der Waals surface area contributed by atoms with E-state index in [2.05, 4.69) is 5.32 Å². The van der Waals surface area contributed by atoms with Crippen molar-refractivity contribution in [1.29, 1.82) is 0 Å². The first-order chi connectivity index (χ1) is 9.32. The predicted octanol–water partition coefficient (Wildman–Crippen LogP) is 0.868. The molecule has 0 aliphatic rings. The zero-order chi connectivity index (χ0) is 15.3. The lowest BCUT2D eigenvalue weighted by molar-refractivity contribution is -0.385. The summed E-state index contributed by atoms with van der Waals surface area (Å²) >= 11 is 0. The molecule has 2 amide bonds. The van der Waals surface area contributed by atoms with Gasteiger partial charge in [-0.05, 0) is 12.5 Å². The Balaban J connectivity index is 2.84. The van der Waals surface area contributed by atoms with Gasteiger partial charge in [0.15, 0.2) is 11.6 Å². The van der Waals surface area contributed by atoms with E-state index in [4.69, 9.17) is 5.73 Å². The van der Waals surface area contributed by atoms with Crippen LogP contribution in [0.2, 0.25) is 0 Å². The van der Waals surface area contributed by atoms with Crippen LogP contribution in [0, 0.1) is 21.7 Å². The standard InChI is InChI=1S/C11H11F2N3O4/c12-7-4-6(9(16(19)20)5-8(7)13)11(18)15-3-1-2-10(14)17/h4-5H,1-3H2,(H2,14,17)(H,15,18). The van der Waals surface area contributed by atoms with Crippen LogP contribution >= 0.6 is 0 Å². The van der Waals surface area contributed by atoms with Crippen LogP contribution in [-0.4, -0.2) is 23.3 Å². The molecule has 0 spiro atoms. The van der Waals surface area contributed by atoms with Gasteiger partial charge in [-0.3, -0.25) is 19.7 Å². The van der Waals surface area contributed by atoms with Gasteiger partial charge in [-0.2, -0.15) is 0 Å². The summed E-state index contributed by atoms with van der Waals surface area (Å²) in [4.78, 5) is 31.8. The average molecular weight is 287 g/mol. The van der Waals surface area contributed by atoms with Crippen molar-refractivity contribution in [2.45, 2.75) is 12.8 Å². The SMILES string of the molecule is NC(=O)CCCNC(=O)c1cc(F)c(F)cc1[N+](=O)[O-]. The molecule has 0 heterocycles. The monoisotopic (exact) mass is 287 g/mol. The summed E-state index contributed by atoms with van der Waals surface area (Å²) in [5.74, 6) is -4.27. The van der Waals surface area contributed by atoms with E-state index in [-0.39, 0.29) is 19.4 Å². The lowest BCUT2D eigenvalue weighted by atomic mass is 10.1. The highest BCUT2D eigenvalue weighted by Crippen LogP contribution is 2.22.